The Labute approximate surface area is 134 Å². The summed E-state index contributed by atoms with van der Waals surface area (Å²) >= 11 is 12.2. The van der Waals surface area contributed by atoms with Crippen LogP contribution in [-0.4, -0.2) is 10.9 Å². The minimum Gasteiger partial charge on any atom is -0.411 e. The lowest BCUT2D eigenvalue weighted by Gasteiger charge is -2.30. The first-order valence-corrected chi connectivity index (χ1v) is 7.63. The van der Waals surface area contributed by atoms with Crippen molar-refractivity contribution in [3.05, 3.63) is 69.2 Å². The Morgan fingerprint density at radius 3 is 2.57 bits per heavy atom. The van der Waals surface area contributed by atoms with Crippen LogP contribution in [0.1, 0.15) is 36.0 Å². The van der Waals surface area contributed by atoms with E-state index in [0.29, 0.717) is 10.0 Å². The van der Waals surface area contributed by atoms with Crippen molar-refractivity contribution >= 4 is 28.9 Å². The fourth-order valence-electron chi connectivity index (χ4n) is 3.09. The average Bonchev–Trinajstić information content (AvgIpc) is 2.49. The lowest BCUT2D eigenvalue weighted by Crippen LogP contribution is -2.25. The van der Waals surface area contributed by atoms with Gasteiger partial charge in [-0.05, 0) is 29.7 Å². The number of nitrogens with zero attached hydrogens (tertiary/aromatic N) is 1. The van der Waals surface area contributed by atoms with Crippen LogP contribution in [0.2, 0.25) is 10.0 Å². The van der Waals surface area contributed by atoms with E-state index < -0.39 is 0 Å². The Hall–Kier alpha value is -1.51. The number of rotatable bonds is 1. The van der Waals surface area contributed by atoms with Gasteiger partial charge in [-0.2, -0.15) is 0 Å². The van der Waals surface area contributed by atoms with E-state index in [1.165, 1.54) is 5.56 Å². The molecule has 1 aliphatic rings. The lowest BCUT2D eigenvalue weighted by atomic mass is 9.73. The molecule has 21 heavy (non-hydrogen) atoms. The number of hydrogen-bond donors (Lipinski definition) is 1. The third-order valence-electron chi connectivity index (χ3n) is 4.12. The molecule has 2 atom stereocenters. The number of fused-ring (bicyclic) bond motifs is 1. The highest BCUT2D eigenvalue weighted by Gasteiger charge is 2.30. The Morgan fingerprint density at radius 2 is 1.86 bits per heavy atom. The topological polar surface area (TPSA) is 32.6 Å². The van der Waals surface area contributed by atoms with E-state index in [1.54, 1.807) is 0 Å². The third kappa shape index (κ3) is 2.54. The van der Waals surface area contributed by atoms with Crippen molar-refractivity contribution in [2.45, 2.75) is 19.3 Å². The summed E-state index contributed by atoms with van der Waals surface area (Å²) in [6, 6.07) is 13.8. The highest BCUT2D eigenvalue weighted by molar-refractivity contribution is 6.42. The Bertz CT molecular complexity index is 712. The Kier molecular flexibility index (Phi) is 3.92. The van der Waals surface area contributed by atoms with Crippen LogP contribution >= 0.6 is 23.2 Å². The molecule has 0 aromatic heterocycles. The maximum Gasteiger partial charge on any atom is 0.0899 e. The summed E-state index contributed by atoms with van der Waals surface area (Å²) in [5, 5.41) is 13.9. The maximum absolute atomic E-state index is 9.29. The van der Waals surface area contributed by atoms with Gasteiger partial charge in [0.05, 0.1) is 15.8 Å². The number of benzene rings is 2. The van der Waals surface area contributed by atoms with E-state index >= 15 is 0 Å². The summed E-state index contributed by atoms with van der Waals surface area (Å²) in [7, 11) is 0. The molecule has 0 heterocycles. The molecule has 2 aromatic rings. The largest absolute Gasteiger partial charge is 0.411 e. The molecule has 0 saturated carbocycles. The van der Waals surface area contributed by atoms with Crippen LogP contribution in [0.3, 0.4) is 0 Å². The second-order valence-corrected chi connectivity index (χ2v) is 6.25. The summed E-state index contributed by atoms with van der Waals surface area (Å²) in [6.45, 7) is 2.08. The summed E-state index contributed by atoms with van der Waals surface area (Å²) in [5.41, 5.74) is 4.07. The minimum atomic E-state index is 0.185. The third-order valence-corrected chi connectivity index (χ3v) is 4.86. The molecule has 4 heteroatoms. The smallest absolute Gasteiger partial charge is 0.0899 e. The van der Waals surface area contributed by atoms with Crippen molar-refractivity contribution < 1.29 is 5.21 Å². The molecule has 1 unspecified atom stereocenters. The summed E-state index contributed by atoms with van der Waals surface area (Å²) in [6.07, 6.45) is 0.883. The zero-order chi connectivity index (χ0) is 15.0. The van der Waals surface area contributed by atoms with Gasteiger partial charge in [0.25, 0.3) is 0 Å². The molecular formula is C17H15Cl2NO. The maximum atomic E-state index is 9.29. The van der Waals surface area contributed by atoms with Crippen molar-refractivity contribution in [3.63, 3.8) is 0 Å². The molecule has 2 aromatic carbocycles. The molecule has 0 radical (unpaired) electrons. The lowest BCUT2D eigenvalue weighted by molar-refractivity contribution is 0.314. The van der Waals surface area contributed by atoms with E-state index in [9.17, 15) is 5.21 Å². The van der Waals surface area contributed by atoms with Crippen LogP contribution in [0.4, 0.5) is 0 Å². The SMILES string of the molecule is CC1C[C@@H](c2ccc(Cl)c(Cl)c2)c2ccccc2C1=NO. The first kappa shape index (κ1) is 14.4. The molecule has 0 aliphatic heterocycles. The highest BCUT2D eigenvalue weighted by atomic mass is 35.5. The first-order chi connectivity index (χ1) is 10.1. The van der Waals surface area contributed by atoms with Gasteiger partial charge in [0.2, 0.25) is 0 Å². The number of oxime groups is 1. The van der Waals surface area contributed by atoms with Gasteiger partial charge in [-0.25, -0.2) is 0 Å². The molecule has 0 amide bonds. The van der Waals surface area contributed by atoms with Crippen LogP contribution < -0.4 is 0 Å². The molecule has 0 saturated heterocycles. The normalized spacial score (nSPS) is 23.1. The van der Waals surface area contributed by atoms with Crippen LogP contribution in [0, 0.1) is 5.92 Å². The van der Waals surface area contributed by atoms with Crippen LogP contribution in [0.25, 0.3) is 0 Å². The molecule has 3 rings (SSSR count). The van der Waals surface area contributed by atoms with Crippen molar-refractivity contribution in [1.82, 2.24) is 0 Å². The molecule has 0 fully saturated rings. The Morgan fingerprint density at radius 1 is 1.10 bits per heavy atom. The minimum absolute atomic E-state index is 0.185. The summed E-state index contributed by atoms with van der Waals surface area (Å²) in [5.74, 6) is 0.417. The molecular weight excluding hydrogens is 305 g/mol. The average molecular weight is 320 g/mol. The monoisotopic (exact) mass is 319 g/mol. The highest BCUT2D eigenvalue weighted by Crippen LogP contribution is 2.40. The first-order valence-electron chi connectivity index (χ1n) is 6.88. The van der Waals surface area contributed by atoms with Gasteiger partial charge in [-0.1, -0.05) is 65.6 Å². The Balaban J connectivity index is 2.13. The van der Waals surface area contributed by atoms with Gasteiger partial charge >= 0.3 is 0 Å². The molecule has 2 nitrogen and oxygen atoms in total. The van der Waals surface area contributed by atoms with Gasteiger partial charge in [-0.3, -0.25) is 0 Å². The second-order valence-electron chi connectivity index (χ2n) is 5.44. The molecule has 1 N–H and O–H groups in total. The number of halogens is 2. The molecule has 0 bridgehead atoms. The second kappa shape index (κ2) is 5.70. The van der Waals surface area contributed by atoms with Crippen LogP contribution in [0.5, 0.6) is 0 Å². The van der Waals surface area contributed by atoms with E-state index in [4.69, 9.17) is 23.2 Å². The van der Waals surface area contributed by atoms with Gasteiger partial charge in [0.15, 0.2) is 0 Å². The zero-order valence-corrected chi connectivity index (χ0v) is 13.1. The van der Waals surface area contributed by atoms with Crippen LogP contribution in [0.15, 0.2) is 47.6 Å². The van der Waals surface area contributed by atoms with Crippen molar-refractivity contribution in [2.75, 3.05) is 0 Å². The van der Waals surface area contributed by atoms with Crippen LogP contribution in [-0.2, 0) is 0 Å². The fraction of sp³-hybridized carbons (Fsp3) is 0.235. The van der Waals surface area contributed by atoms with Gasteiger partial charge < -0.3 is 5.21 Å². The van der Waals surface area contributed by atoms with E-state index in [0.717, 1.165) is 23.3 Å². The van der Waals surface area contributed by atoms with Crippen molar-refractivity contribution in [3.8, 4) is 0 Å². The summed E-state index contributed by atoms with van der Waals surface area (Å²) in [4.78, 5) is 0. The van der Waals surface area contributed by atoms with E-state index in [1.807, 2.05) is 36.4 Å². The van der Waals surface area contributed by atoms with Crippen molar-refractivity contribution in [2.24, 2.45) is 11.1 Å². The molecule has 108 valence electrons. The van der Waals surface area contributed by atoms with Crippen molar-refractivity contribution in [1.29, 1.82) is 0 Å². The van der Waals surface area contributed by atoms with Gasteiger partial charge in [0.1, 0.15) is 0 Å². The quantitative estimate of drug-likeness (QED) is 0.558. The zero-order valence-electron chi connectivity index (χ0n) is 11.6. The molecule has 0 spiro atoms. The predicted molar refractivity (Wildman–Crippen MR) is 86.9 cm³/mol. The standard InChI is InChI=1S/C17H15Cl2NO/c1-10-8-14(11-6-7-15(18)16(19)9-11)12-4-2-3-5-13(12)17(10)20-21/h2-7,9-10,14,21H,8H2,1H3/t10?,14-/m0/s1. The molecule has 1 aliphatic carbocycles. The van der Waals surface area contributed by atoms with Gasteiger partial charge in [0, 0.05) is 17.4 Å². The fourth-order valence-corrected chi connectivity index (χ4v) is 3.40. The predicted octanol–water partition coefficient (Wildman–Crippen LogP) is 5.34. The van der Waals surface area contributed by atoms with E-state index in [2.05, 4.69) is 18.1 Å². The van der Waals surface area contributed by atoms with Gasteiger partial charge in [-0.15, -0.1) is 0 Å². The number of hydrogen-bond acceptors (Lipinski definition) is 2. The summed E-state index contributed by atoms with van der Waals surface area (Å²) < 4.78 is 0. The van der Waals surface area contributed by atoms with E-state index in [-0.39, 0.29) is 11.8 Å².